The van der Waals surface area contributed by atoms with Gasteiger partial charge in [-0.2, -0.15) is 50.5 Å². The molecule has 0 radical (unpaired) electrons. The van der Waals surface area contributed by atoms with E-state index in [2.05, 4.69) is 150 Å². The average Bonchev–Trinajstić information content (AvgIpc) is 1.66. The number of β-amino-alcohol motifs (C(OH)–C–C–N with tert-alkyl or cyclic N) is 1. The molecule has 0 unspecified atom stereocenters. The van der Waals surface area contributed by atoms with Crippen molar-refractivity contribution in [3.05, 3.63) is 18.2 Å². The number of hydrogen-bond donors (Lipinski definition) is 35. The number of rotatable bonds is 66. The molecule has 65 heteroatoms. The smallest absolute Gasteiger partial charge is 0.317 e. The maximum Gasteiger partial charge on any atom is 0.317 e. The zero-order chi connectivity index (χ0) is 113. The van der Waals surface area contributed by atoms with Crippen LogP contribution in [0.15, 0.2) is 22.5 Å². The predicted molar refractivity (Wildman–Crippen MR) is 535 cm³/mol. The molecule has 0 aromatic carbocycles. The summed E-state index contributed by atoms with van der Waals surface area (Å²) >= 11 is 16.4. The number of aliphatic imine (C=N–C) groups is 2. The van der Waals surface area contributed by atoms with Gasteiger partial charge in [0.2, 0.25) is 130 Å². The van der Waals surface area contributed by atoms with Crippen LogP contribution in [-0.4, -0.2) is 382 Å². The number of aliphatic hydroxyl groups excluding tert-OH is 2. The van der Waals surface area contributed by atoms with Crippen LogP contribution in [-0.2, 0) is 126 Å². The van der Waals surface area contributed by atoms with E-state index in [1.165, 1.54) is 26.4 Å². The van der Waals surface area contributed by atoms with Gasteiger partial charge in [-0.25, -0.2) is 4.98 Å². The zero-order valence-corrected chi connectivity index (χ0v) is 86.0. The molecule has 149 heavy (non-hydrogen) atoms. The largest absolute Gasteiger partial charge is 0.481 e. The highest BCUT2D eigenvalue weighted by Gasteiger charge is 2.47. The fourth-order valence-corrected chi connectivity index (χ4v) is 15.8. The van der Waals surface area contributed by atoms with Gasteiger partial charge < -0.3 is 177 Å². The number of imidazole rings is 1. The van der Waals surface area contributed by atoms with Gasteiger partial charge in [0.05, 0.1) is 56.5 Å². The molecular formula is C84H137N31O30S4. The van der Waals surface area contributed by atoms with Crippen molar-refractivity contribution < 1.29 is 145 Å². The number of H-pyrrole nitrogens is 1. The topological polar surface area (TPSA) is 1010 Å². The number of hydrogen-bond acceptors (Lipinski definition) is 35. The Labute approximate surface area is 874 Å². The highest BCUT2D eigenvalue weighted by atomic mass is 32.1. The zero-order valence-electron chi connectivity index (χ0n) is 82.4. The molecule has 0 bridgehead atoms. The Balaban J connectivity index is 1.84. The molecular weight excluding hydrogens is 2050 g/mol. The van der Waals surface area contributed by atoms with Gasteiger partial charge in [-0.15, -0.1) is 0 Å². The molecule has 22 amide bonds. The summed E-state index contributed by atoms with van der Waals surface area (Å²) in [4.78, 5) is 356. The number of aliphatic hydroxyl groups is 2. The average molecular weight is 2190 g/mol. The number of amides is 22. The van der Waals surface area contributed by atoms with E-state index in [0.29, 0.717) is 6.42 Å². The maximum absolute atomic E-state index is 14.6. The van der Waals surface area contributed by atoms with Gasteiger partial charge in [0, 0.05) is 74.6 Å². The molecule has 1 aromatic heterocycles. The lowest BCUT2D eigenvalue weighted by Gasteiger charge is -2.31. The van der Waals surface area contributed by atoms with Crippen LogP contribution < -0.4 is 137 Å². The second-order valence-corrected chi connectivity index (χ2v) is 37.0. The number of carbonyl (C=O) groups is 25. The summed E-state index contributed by atoms with van der Waals surface area (Å²) in [6.07, 6.45) is -5.62. The third-order valence-electron chi connectivity index (χ3n) is 23.2. The van der Waals surface area contributed by atoms with Gasteiger partial charge in [0.1, 0.15) is 109 Å². The lowest BCUT2D eigenvalue weighted by atomic mass is 9.98. The number of aromatic amines is 1. The van der Waals surface area contributed by atoms with Crippen molar-refractivity contribution in [2.24, 2.45) is 85.3 Å². The number of aromatic nitrogens is 2. The van der Waals surface area contributed by atoms with E-state index in [4.69, 9.17) is 51.6 Å². The molecule has 0 spiro atoms. The van der Waals surface area contributed by atoms with E-state index >= 15 is 0 Å². The fraction of sp³-hybridized carbons (Fsp3) is 0.643. The maximum atomic E-state index is 14.6. The number of nitrogens with two attached hydrogens (primary N) is 9. The molecule has 3 rings (SSSR count). The van der Waals surface area contributed by atoms with Crippen LogP contribution in [0, 0.1) is 23.7 Å². The summed E-state index contributed by atoms with van der Waals surface area (Å²) < 4.78 is 0. The third-order valence-corrected chi connectivity index (χ3v) is 24.6. The molecule has 0 saturated carbocycles. The number of guanidine groups is 2. The van der Waals surface area contributed by atoms with E-state index in [0.717, 1.165) is 16.7 Å². The number of carboxylic acids is 3. The van der Waals surface area contributed by atoms with Crippen LogP contribution in [0.5, 0.6) is 0 Å². The Bertz CT molecular complexity index is 4990. The van der Waals surface area contributed by atoms with E-state index < -0.39 is 361 Å². The Morgan fingerprint density at radius 2 is 0.805 bits per heavy atom. The second-order valence-electron chi connectivity index (χ2n) is 35.5. The van der Waals surface area contributed by atoms with Crippen molar-refractivity contribution in [1.29, 1.82) is 0 Å². The van der Waals surface area contributed by atoms with Crippen molar-refractivity contribution in [1.82, 2.24) is 105 Å². The van der Waals surface area contributed by atoms with E-state index in [9.17, 15) is 145 Å². The molecule has 0 aliphatic carbocycles. The van der Waals surface area contributed by atoms with Crippen molar-refractivity contribution in [3.8, 4) is 0 Å². The van der Waals surface area contributed by atoms with E-state index in [1.54, 1.807) is 27.7 Å². The molecule has 40 N–H and O–H groups in total. The van der Waals surface area contributed by atoms with Crippen molar-refractivity contribution in [2.45, 2.75) is 259 Å². The van der Waals surface area contributed by atoms with Gasteiger partial charge in [-0.1, -0.05) is 48.0 Å². The molecule has 61 nitrogen and oxygen atoms in total. The number of thiol groups is 4. The van der Waals surface area contributed by atoms with Crippen molar-refractivity contribution in [3.63, 3.8) is 0 Å². The fourth-order valence-electron chi connectivity index (χ4n) is 14.7. The number of primary amides is 4. The van der Waals surface area contributed by atoms with Crippen LogP contribution in [0.3, 0.4) is 0 Å². The minimum absolute atomic E-state index is 0.00104. The number of likely N-dealkylation sites (tertiary alicyclic amines) is 2. The van der Waals surface area contributed by atoms with Crippen LogP contribution in [0.1, 0.15) is 138 Å². The van der Waals surface area contributed by atoms with Gasteiger partial charge >= 0.3 is 17.9 Å². The Kier molecular flexibility index (Phi) is 54.9. The van der Waals surface area contributed by atoms with Crippen LogP contribution >= 0.6 is 50.5 Å². The van der Waals surface area contributed by atoms with Gasteiger partial charge in [0.25, 0.3) is 0 Å². The van der Waals surface area contributed by atoms with Gasteiger partial charge in [-0.05, 0) is 63.2 Å². The molecule has 2 fully saturated rings. The SMILES string of the molecule is CC[C@H](C)[C@H](N)C(=O)N[C@@H](CCCN=C(N)N)C(=O)N[C@@H](CC(=O)O)C(=O)N[C@@H](CC(C(=O)O)C(=O)O)C(=O)N[C@@H](CS)C(=O)N[C@@H](CS)C(=O)N[C@@H](CO)C(=O)N[C@@H](CC(N)=O)C(=O)N1CCC[C@H]1C(=O)N[C@@H](C)C(=O)N[C@@H](CS)C(=O)N[C@@H](CCCN=C(N)N)C(=O)N[C@H](C(=O)N[C@@H](CC(N)=O)C(=O)N[C@@H](CC(N)=O)C(=O)N1C[C@H](O)C[C@H]1C(=O)N[C@@H](Cc1c[nH]cn1)C(=O)N[C@H](C(=O)N[C@@H](CS)C(N)=O)C(C)C)C(C)C. The summed E-state index contributed by atoms with van der Waals surface area (Å²) in [5, 5.41) is 87.7. The van der Waals surface area contributed by atoms with Crippen molar-refractivity contribution >= 4 is 210 Å². The number of aliphatic carboxylic acids is 3. The monoisotopic (exact) mass is 2190 g/mol. The molecule has 2 saturated heterocycles. The van der Waals surface area contributed by atoms with Crippen molar-refractivity contribution in [2.75, 3.05) is 55.8 Å². The Morgan fingerprint density at radius 3 is 1.23 bits per heavy atom. The van der Waals surface area contributed by atoms with Crippen LogP contribution in [0.25, 0.3) is 0 Å². The van der Waals surface area contributed by atoms with Crippen LogP contribution in [0.2, 0.25) is 0 Å². The lowest BCUT2D eigenvalue weighted by molar-refractivity contribution is -0.156. The normalized spacial score (nSPS) is 17.3. The summed E-state index contributed by atoms with van der Waals surface area (Å²) in [6.45, 7) is 8.02. The molecule has 2 aliphatic rings. The summed E-state index contributed by atoms with van der Waals surface area (Å²) in [5.41, 5.74) is 50.2. The predicted octanol–water partition coefficient (Wildman–Crippen LogP) is -16.1. The number of nitrogens with zero attached hydrogens (tertiary/aromatic N) is 5. The first-order chi connectivity index (χ1) is 69.8. The molecule has 1 aromatic rings. The van der Waals surface area contributed by atoms with Crippen LogP contribution in [0.4, 0.5) is 0 Å². The summed E-state index contributed by atoms with van der Waals surface area (Å²) in [5.74, 6) is -39.3. The first kappa shape index (κ1) is 129. The number of nitrogens with one attached hydrogen (secondary N) is 17. The molecule has 2 aliphatic heterocycles. The minimum Gasteiger partial charge on any atom is -0.481 e. The quantitative estimate of drug-likeness (QED) is 0.00947. The highest BCUT2D eigenvalue weighted by molar-refractivity contribution is 7.80. The number of carbonyl (C=O) groups excluding carboxylic acids is 22. The van der Waals surface area contributed by atoms with E-state index in [-0.39, 0.29) is 87.9 Å². The summed E-state index contributed by atoms with van der Waals surface area (Å²) in [6, 6.07) is -33.1. The minimum atomic E-state index is -2.51. The molecule has 3 heterocycles. The Hall–Kier alpha value is -14.2. The molecule has 21 atom stereocenters. The lowest BCUT2D eigenvalue weighted by Crippen LogP contribution is -2.62. The molecule has 832 valence electrons. The van der Waals surface area contributed by atoms with E-state index in [1.807, 2.05) is 5.32 Å². The van der Waals surface area contributed by atoms with Gasteiger partial charge in [-0.3, -0.25) is 130 Å². The first-order valence-corrected chi connectivity index (χ1v) is 49.2. The third kappa shape index (κ3) is 42.9. The first-order valence-electron chi connectivity index (χ1n) is 46.7. The van der Waals surface area contributed by atoms with Gasteiger partial charge in [0.15, 0.2) is 17.8 Å². The standard InChI is InChI=1S/C84H137N31O30S4/c1-8-35(6)59(88)76(137)100-40(12-9-15-95-83(90)91)64(125)102-45(24-58(121)122)68(129)101-43(20-39(81(142)143)82(144)145)66(127)110-52(31-149)73(134)111-51(30-148)72(133)107-48(27-116)70(131)106-46(22-56(86)119)79(140)114-17-11-14-53(114)74(135)98-36(7)63(124)109-50(29-147)71(132)99-41(13-10-16-96-84(92)93)65(126)112-60(33(2)3)77(138)104-44(21-55(85)118)67(128)105-47(23-57(87)120)80(141)115-26-38(117)19-54(115)75(136)103-42(18-37-25-94-32-97-37)69(130)113-61(34(4)5)78(139)108-49(28-146)62(89)123/h25,32-36,38-54,59-61,116-117,146-149H,8-24,26-31,88H2,1-7H3,(H2,85,118)(H2,86,119)(H2,87,120)(H2,89,123)(H,94,97)(H,98,135)(H,99,132)(H,100,137)(H,101,129)(H,102,125)(H,103,136)(H,104,138)(H,105,128)(H,106,131)(H,107,133)(H,108,139)(H,109,124)(H,110,127)(H,111,134)(H,112,126)(H,113,130)(H,121,122)(H,142,143)(H,144,145)(H4,90,91,95)(H4,92,93,96)/t35-,36-,38+,40-,41-,42-,43-,44-,45-,46-,47-,48-,49-,50-,51-,52-,53-,54-,59-,60-,61-/m0/s1. The second kappa shape index (κ2) is 63.5. The summed E-state index contributed by atoms with van der Waals surface area (Å²) in [7, 11) is 0. The number of carboxylic acid groups (broad SMARTS) is 3. The Morgan fingerprint density at radius 1 is 0.436 bits per heavy atom. The highest BCUT2D eigenvalue weighted by Crippen LogP contribution is 2.24.